The molecule has 0 heterocycles. The van der Waals surface area contributed by atoms with Gasteiger partial charge in [-0.25, -0.2) is 0 Å². The average Bonchev–Trinajstić information content (AvgIpc) is 1.87. The summed E-state index contributed by atoms with van der Waals surface area (Å²) < 4.78 is 0. The first-order valence-corrected chi connectivity index (χ1v) is 3.99. The number of carbonyl (C=O) groups excluding carboxylic acids is 1. The molecule has 1 atom stereocenters. The van der Waals surface area contributed by atoms with E-state index in [1.54, 1.807) is 0 Å². The van der Waals surface area contributed by atoms with Gasteiger partial charge in [0.25, 0.3) is 0 Å². The van der Waals surface area contributed by atoms with E-state index in [1.807, 2.05) is 20.8 Å². The molecule has 0 aliphatic rings. The molecule has 0 radical (unpaired) electrons. The number of nitrogens with one attached hydrogen (secondary N) is 1. The molecule has 11 heavy (non-hydrogen) atoms. The van der Waals surface area contributed by atoms with Gasteiger partial charge in [0.15, 0.2) is 0 Å². The third kappa shape index (κ3) is 4.79. The Bertz CT molecular complexity index is 123. The highest BCUT2D eigenvalue weighted by Crippen LogP contribution is 1.94. The van der Waals surface area contributed by atoms with E-state index in [-0.39, 0.29) is 24.5 Å². The third-order valence-corrected chi connectivity index (χ3v) is 1.48. The van der Waals surface area contributed by atoms with Gasteiger partial charge in [-0.1, -0.05) is 13.8 Å². The molecule has 0 unspecified atom stereocenters. The second-order valence-electron chi connectivity index (χ2n) is 3.08. The van der Waals surface area contributed by atoms with Crippen molar-refractivity contribution < 1.29 is 9.90 Å². The molecular weight excluding hydrogens is 142 g/mol. The third-order valence-electron chi connectivity index (χ3n) is 1.48. The number of hydrogen-bond acceptors (Lipinski definition) is 2. The molecule has 0 aromatic carbocycles. The lowest BCUT2D eigenvalue weighted by Crippen LogP contribution is -2.35. The molecule has 1 amide bonds. The number of carbonyl (C=O) groups is 1. The van der Waals surface area contributed by atoms with Crippen LogP contribution in [0.25, 0.3) is 0 Å². The van der Waals surface area contributed by atoms with Gasteiger partial charge in [0.1, 0.15) is 0 Å². The first-order valence-electron chi connectivity index (χ1n) is 3.99. The van der Waals surface area contributed by atoms with E-state index < -0.39 is 0 Å². The van der Waals surface area contributed by atoms with Crippen LogP contribution in [-0.2, 0) is 4.79 Å². The molecule has 0 bridgehead atoms. The van der Waals surface area contributed by atoms with E-state index in [1.165, 1.54) is 0 Å². The van der Waals surface area contributed by atoms with E-state index in [0.717, 1.165) is 0 Å². The van der Waals surface area contributed by atoms with Gasteiger partial charge in [-0.2, -0.15) is 0 Å². The van der Waals surface area contributed by atoms with Crippen LogP contribution in [-0.4, -0.2) is 23.7 Å². The summed E-state index contributed by atoms with van der Waals surface area (Å²) in [5.41, 5.74) is 0. The van der Waals surface area contributed by atoms with Crippen LogP contribution < -0.4 is 5.32 Å². The fourth-order valence-corrected chi connectivity index (χ4v) is 0.675. The maximum Gasteiger partial charge on any atom is 0.222 e. The normalized spacial score (nSPS) is 13.2. The number of aliphatic hydroxyl groups excluding tert-OH is 1. The van der Waals surface area contributed by atoms with Crippen molar-refractivity contribution in [1.29, 1.82) is 0 Å². The lowest BCUT2D eigenvalue weighted by Gasteiger charge is -2.13. The molecule has 3 heteroatoms. The van der Waals surface area contributed by atoms with Crippen molar-refractivity contribution >= 4 is 5.91 Å². The van der Waals surface area contributed by atoms with Crippen LogP contribution in [0.4, 0.5) is 0 Å². The molecule has 0 aliphatic carbocycles. The Morgan fingerprint density at radius 1 is 1.45 bits per heavy atom. The van der Waals surface area contributed by atoms with E-state index >= 15 is 0 Å². The van der Waals surface area contributed by atoms with Crippen molar-refractivity contribution in [1.82, 2.24) is 5.32 Å². The predicted octanol–water partition coefficient (Wildman–Crippen LogP) is 0.529. The first kappa shape index (κ1) is 10.4. The molecule has 0 aromatic rings. The van der Waals surface area contributed by atoms with Crippen molar-refractivity contribution in [3.63, 3.8) is 0 Å². The summed E-state index contributed by atoms with van der Waals surface area (Å²) in [6, 6.07) is 0.0786. The average molecular weight is 159 g/mol. The van der Waals surface area contributed by atoms with Gasteiger partial charge in [-0.3, -0.25) is 4.79 Å². The molecule has 0 aromatic heterocycles. The molecule has 0 saturated carbocycles. The van der Waals surface area contributed by atoms with Crippen LogP contribution in [0.15, 0.2) is 0 Å². The van der Waals surface area contributed by atoms with E-state index in [9.17, 15) is 4.79 Å². The van der Waals surface area contributed by atoms with Crippen LogP contribution in [0, 0.1) is 5.92 Å². The number of aliphatic hydroxyl groups is 1. The van der Waals surface area contributed by atoms with Gasteiger partial charge in [0.2, 0.25) is 5.91 Å². The topological polar surface area (TPSA) is 49.3 Å². The Hall–Kier alpha value is -0.570. The molecule has 3 nitrogen and oxygen atoms in total. The highest BCUT2D eigenvalue weighted by molar-refractivity contribution is 5.78. The van der Waals surface area contributed by atoms with E-state index in [4.69, 9.17) is 5.11 Å². The van der Waals surface area contributed by atoms with Crippen molar-refractivity contribution in [2.75, 3.05) is 6.61 Å². The van der Waals surface area contributed by atoms with Gasteiger partial charge in [0.05, 0.1) is 0 Å². The quantitative estimate of drug-likeness (QED) is 0.628. The summed E-state index contributed by atoms with van der Waals surface area (Å²) in [5, 5.41) is 11.3. The number of hydrogen-bond donors (Lipinski definition) is 2. The minimum absolute atomic E-state index is 0.0242. The maximum absolute atomic E-state index is 11.0. The zero-order chi connectivity index (χ0) is 8.85. The Morgan fingerprint density at radius 3 is 2.36 bits per heavy atom. The first-order chi connectivity index (χ1) is 5.07. The smallest absolute Gasteiger partial charge is 0.222 e. The fraction of sp³-hybridized carbons (Fsp3) is 0.875. The largest absolute Gasteiger partial charge is 0.396 e. The van der Waals surface area contributed by atoms with Gasteiger partial charge in [0, 0.05) is 18.6 Å². The minimum atomic E-state index is 0.0242. The Morgan fingerprint density at radius 2 is 2.00 bits per heavy atom. The van der Waals surface area contributed by atoms with Crippen LogP contribution in [0.5, 0.6) is 0 Å². The molecule has 66 valence electrons. The monoisotopic (exact) mass is 159 g/mol. The SMILES string of the molecule is CC(C)C(=O)N[C@H](C)CCO. The predicted molar refractivity (Wildman–Crippen MR) is 44.1 cm³/mol. The molecule has 2 N–H and O–H groups in total. The second kappa shape index (κ2) is 5.13. The van der Waals surface area contributed by atoms with Crippen LogP contribution in [0.3, 0.4) is 0 Å². The van der Waals surface area contributed by atoms with E-state index in [0.29, 0.717) is 6.42 Å². The number of amides is 1. The van der Waals surface area contributed by atoms with Gasteiger partial charge in [-0.05, 0) is 13.3 Å². The van der Waals surface area contributed by atoms with Crippen molar-refractivity contribution in [3.05, 3.63) is 0 Å². The lowest BCUT2D eigenvalue weighted by molar-refractivity contribution is -0.124. The van der Waals surface area contributed by atoms with Gasteiger partial charge in [-0.15, -0.1) is 0 Å². The van der Waals surface area contributed by atoms with Crippen molar-refractivity contribution in [2.45, 2.75) is 33.2 Å². The van der Waals surface area contributed by atoms with E-state index in [2.05, 4.69) is 5.32 Å². The fourth-order valence-electron chi connectivity index (χ4n) is 0.675. The second-order valence-corrected chi connectivity index (χ2v) is 3.08. The lowest BCUT2D eigenvalue weighted by atomic mass is 10.2. The van der Waals surface area contributed by atoms with Crippen molar-refractivity contribution in [2.24, 2.45) is 5.92 Å². The molecule has 0 saturated heterocycles. The maximum atomic E-state index is 11.0. The minimum Gasteiger partial charge on any atom is -0.396 e. The summed E-state index contributed by atoms with van der Waals surface area (Å²) in [6.07, 6.45) is 0.623. The Balaban J connectivity index is 3.57. The van der Waals surface area contributed by atoms with Gasteiger partial charge >= 0.3 is 0 Å². The summed E-state index contributed by atoms with van der Waals surface area (Å²) in [7, 11) is 0. The summed E-state index contributed by atoms with van der Waals surface area (Å²) in [4.78, 5) is 11.0. The molecule has 0 rings (SSSR count). The highest BCUT2D eigenvalue weighted by Gasteiger charge is 2.09. The summed E-state index contributed by atoms with van der Waals surface area (Å²) >= 11 is 0. The zero-order valence-corrected chi connectivity index (χ0v) is 7.42. The van der Waals surface area contributed by atoms with Gasteiger partial charge < -0.3 is 10.4 Å². The molecular formula is C8H17NO2. The van der Waals surface area contributed by atoms with Crippen LogP contribution in [0.2, 0.25) is 0 Å². The molecule has 0 spiro atoms. The van der Waals surface area contributed by atoms with Crippen LogP contribution >= 0.6 is 0 Å². The zero-order valence-electron chi connectivity index (χ0n) is 7.42. The Kier molecular flexibility index (Phi) is 4.86. The number of rotatable bonds is 4. The van der Waals surface area contributed by atoms with Crippen LogP contribution in [0.1, 0.15) is 27.2 Å². The Labute approximate surface area is 67.8 Å². The highest BCUT2D eigenvalue weighted by atomic mass is 16.3. The summed E-state index contributed by atoms with van der Waals surface area (Å²) in [6.45, 7) is 5.71. The molecule has 0 aliphatic heterocycles. The summed E-state index contributed by atoms with van der Waals surface area (Å²) in [5.74, 6) is 0.0714. The van der Waals surface area contributed by atoms with Crippen molar-refractivity contribution in [3.8, 4) is 0 Å². The standard InChI is InChI=1S/C8H17NO2/c1-6(2)8(11)9-7(3)4-5-10/h6-7,10H,4-5H2,1-3H3,(H,9,11)/t7-/m1/s1. The molecule has 0 fully saturated rings.